The number of hydrogen-bond acceptors (Lipinski definition) is 5. The fourth-order valence-electron chi connectivity index (χ4n) is 2.92. The zero-order chi connectivity index (χ0) is 18.5. The molecular weight excluding hydrogens is 366 g/mol. The lowest BCUT2D eigenvalue weighted by Crippen LogP contribution is -2.47. The van der Waals surface area contributed by atoms with Crippen LogP contribution in [0.25, 0.3) is 0 Å². The van der Waals surface area contributed by atoms with Crippen molar-refractivity contribution < 1.29 is 17.9 Å². The van der Waals surface area contributed by atoms with Gasteiger partial charge in [-0.2, -0.15) is 0 Å². The second kappa shape index (κ2) is 8.46. The van der Waals surface area contributed by atoms with E-state index in [9.17, 15) is 13.2 Å². The topological polar surface area (TPSA) is 96.5 Å². The minimum absolute atomic E-state index is 0.0631. The fraction of sp³-hybridized carbons (Fsp3) is 0.562. The highest BCUT2D eigenvalue weighted by Crippen LogP contribution is 2.30. The molecule has 1 aliphatic rings. The molecule has 1 fully saturated rings. The lowest BCUT2D eigenvalue weighted by molar-refractivity contribution is -0.114. The van der Waals surface area contributed by atoms with Crippen LogP contribution in [0.5, 0.6) is 0 Å². The number of anilines is 1. The molecule has 0 aromatic heterocycles. The number of carbonyl (C=O) groups excluding carboxylic acids is 1. The maximum atomic E-state index is 12.6. The van der Waals surface area contributed by atoms with Gasteiger partial charge in [-0.1, -0.05) is 11.6 Å². The van der Waals surface area contributed by atoms with E-state index in [0.29, 0.717) is 18.8 Å². The Labute approximate surface area is 153 Å². The molecule has 1 aromatic rings. The van der Waals surface area contributed by atoms with Crippen molar-refractivity contribution in [2.24, 2.45) is 5.41 Å². The Morgan fingerprint density at radius 1 is 1.36 bits per heavy atom. The SMILES string of the molecule is COCC1(CNS(=O)(=O)c2ccc(NC(C)=O)c(Cl)c2)CCNCC1. The summed E-state index contributed by atoms with van der Waals surface area (Å²) in [5, 5.41) is 5.99. The minimum Gasteiger partial charge on any atom is -0.384 e. The predicted octanol–water partition coefficient (Wildman–Crippen LogP) is 1.59. The van der Waals surface area contributed by atoms with E-state index < -0.39 is 10.0 Å². The molecule has 0 saturated carbocycles. The van der Waals surface area contributed by atoms with Crippen LogP contribution in [-0.4, -0.2) is 47.7 Å². The van der Waals surface area contributed by atoms with Crippen LogP contribution in [0.3, 0.4) is 0 Å². The molecule has 0 radical (unpaired) electrons. The van der Waals surface area contributed by atoms with Crippen LogP contribution in [0, 0.1) is 5.41 Å². The van der Waals surface area contributed by atoms with E-state index in [-0.39, 0.29) is 21.2 Å². The summed E-state index contributed by atoms with van der Waals surface area (Å²) < 4.78 is 33.2. The highest BCUT2D eigenvalue weighted by molar-refractivity contribution is 7.89. The van der Waals surface area contributed by atoms with E-state index in [1.165, 1.54) is 25.1 Å². The number of methoxy groups -OCH3 is 1. The third-order valence-electron chi connectivity index (χ3n) is 4.31. The quantitative estimate of drug-likeness (QED) is 0.658. The van der Waals surface area contributed by atoms with Crippen molar-refractivity contribution in [3.63, 3.8) is 0 Å². The van der Waals surface area contributed by atoms with Gasteiger partial charge in [0.15, 0.2) is 0 Å². The molecule has 3 N–H and O–H groups in total. The minimum atomic E-state index is -3.71. The van der Waals surface area contributed by atoms with Gasteiger partial charge in [0.25, 0.3) is 0 Å². The molecule has 0 unspecified atom stereocenters. The number of halogens is 1. The first-order valence-electron chi connectivity index (χ1n) is 8.04. The van der Waals surface area contributed by atoms with E-state index in [1.807, 2.05) is 0 Å². The Hall–Kier alpha value is -1.19. The third-order valence-corrected chi connectivity index (χ3v) is 6.03. The van der Waals surface area contributed by atoms with Crippen molar-refractivity contribution in [1.82, 2.24) is 10.0 Å². The Morgan fingerprint density at radius 2 is 2.04 bits per heavy atom. The molecule has 25 heavy (non-hydrogen) atoms. The highest BCUT2D eigenvalue weighted by Gasteiger charge is 2.33. The summed E-state index contributed by atoms with van der Waals surface area (Å²) in [6, 6.07) is 4.24. The van der Waals surface area contributed by atoms with Gasteiger partial charge in [-0.15, -0.1) is 0 Å². The monoisotopic (exact) mass is 389 g/mol. The molecular formula is C16H24ClN3O4S. The molecule has 0 aliphatic carbocycles. The van der Waals surface area contributed by atoms with E-state index in [4.69, 9.17) is 16.3 Å². The fourth-order valence-corrected chi connectivity index (χ4v) is 4.40. The summed E-state index contributed by atoms with van der Waals surface area (Å²) >= 11 is 6.07. The Morgan fingerprint density at radius 3 is 2.60 bits per heavy atom. The molecule has 9 heteroatoms. The zero-order valence-corrected chi connectivity index (χ0v) is 16.0. The van der Waals surface area contributed by atoms with Crippen LogP contribution in [0.15, 0.2) is 23.1 Å². The van der Waals surface area contributed by atoms with Crippen LogP contribution < -0.4 is 15.4 Å². The van der Waals surface area contributed by atoms with Crippen LogP contribution in [0.1, 0.15) is 19.8 Å². The number of benzene rings is 1. The average molecular weight is 390 g/mol. The standard InChI is InChI=1S/C16H24ClN3O4S/c1-12(21)20-15-4-3-13(9-14(15)17)25(22,23)19-10-16(11-24-2)5-7-18-8-6-16/h3-4,9,18-19H,5-8,10-11H2,1-2H3,(H,20,21). The largest absolute Gasteiger partial charge is 0.384 e. The number of sulfonamides is 1. The highest BCUT2D eigenvalue weighted by atomic mass is 35.5. The molecule has 1 saturated heterocycles. The van der Waals surface area contributed by atoms with Crippen molar-refractivity contribution in [3.05, 3.63) is 23.2 Å². The van der Waals surface area contributed by atoms with Gasteiger partial charge in [0.2, 0.25) is 15.9 Å². The van der Waals surface area contributed by atoms with Gasteiger partial charge in [-0.05, 0) is 44.1 Å². The molecule has 0 bridgehead atoms. The summed E-state index contributed by atoms with van der Waals surface area (Å²) in [5.74, 6) is -0.275. The molecule has 2 rings (SSSR count). The van der Waals surface area contributed by atoms with Crippen LogP contribution in [-0.2, 0) is 19.6 Å². The summed E-state index contributed by atoms with van der Waals surface area (Å²) in [7, 11) is -2.08. The molecule has 0 atom stereocenters. The molecule has 1 heterocycles. The van der Waals surface area contributed by atoms with Gasteiger partial charge in [0, 0.05) is 26.0 Å². The van der Waals surface area contributed by atoms with Crippen molar-refractivity contribution in [3.8, 4) is 0 Å². The predicted molar refractivity (Wildman–Crippen MR) is 97.4 cm³/mol. The number of carbonyl (C=O) groups is 1. The smallest absolute Gasteiger partial charge is 0.240 e. The lowest BCUT2D eigenvalue weighted by Gasteiger charge is -2.37. The van der Waals surface area contributed by atoms with Gasteiger partial charge in [-0.3, -0.25) is 4.79 Å². The molecule has 7 nitrogen and oxygen atoms in total. The maximum Gasteiger partial charge on any atom is 0.240 e. The van der Waals surface area contributed by atoms with E-state index in [2.05, 4.69) is 15.4 Å². The van der Waals surface area contributed by atoms with Gasteiger partial charge in [0.1, 0.15) is 0 Å². The second-order valence-corrected chi connectivity index (χ2v) is 8.50. The first kappa shape index (κ1) is 20.1. The molecule has 1 amide bonds. The number of hydrogen-bond donors (Lipinski definition) is 3. The Kier molecular flexibility index (Phi) is 6.81. The van der Waals surface area contributed by atoms with Crippen molar-refractivity contribution in [2.75, 3.05) is 38.7 Å². The van der Waals surface area contributed by atoms with Crippen molar-refractivity contribution in [2.45, 2.75) is 24.7 Å². The molecule has 1 aliphatic heterocycles. The van der Waals surface area contributed by atoms with E-state index in [0.717, 1.165) is 25.9 Å². The van der Waals surface area contributed by atoms with E-state index >= 15 is 0 Å². The van der Waals surface area contributed by atoms with Gasteiger partial charge in [0.05, 0.1) is 22.2 Å². The number of amides is 1. The summed E-state index contributed by atoms with van der Waals surface area (Å²) in [5.41, 5.74) is 0.162. The Bertz CT molecular complexity index is 713. The second-order valence-electron chi connectivity index (χ2n) is 6.33. The van der Waals surface area contributed by atoms with Crippen LogP contribution >= 0.6 is 11.6 Å². The summed E-state index contributed by atoms with van der Waals surface area (Å²) in [6.07, 6.45) is 1.68. The average Bonchev–Trinajstić information content (AvgIpc) is 2.56. The van der Waals surface area contributed by atoms with Gasteiger partial charge >= 0.3 is 0 Å². The zero-order valence-electron chi connectivity index (χ0n) is 14.4. The first-order valence-corrected chi connectivity index (χ1v) is 9.91. The summed E-state index contributed by atoms with van der Waals surface area (Å²) in [4.78, 5) is 11.2. The van der Waals surface area contributed by atoms with Gasteiger partial charge < -0.3 is 15.4 Å². The first-order chi connectivity index (χ1) is 11.8. The van der Waals surface area contributed by atoms with Crippen molar-refractivity contribution >= 4 is 33.2 Å². The number of piperidine rings is 1. The number of ether oxygens (including phenoxy) is 1. The van der Waals surface area contributed by atoms with Crippen LogP contribution in [0.4, 0.5) is 5.69 Å². The molecule has 0 spiro atoms. The maximum absolute atomic E-state index is 12.6. The van der Waals surface area contributed by atoms with E-state index in [1.54, 1.807) is 7.11 Å². The third kappa shape index (κ3) is 5.39. The van der Waals surface area contributed by atoms with Crippen molar-refractivity contribution in [1.29, 1.82) is 0 Å². The summed E-state index contributed by atoms with van der Waals surface area (Å²) in [6.45, 7) is 3.83. The molecule has 140 valence electrons. The number of rotatable bonds is 7. The Balaban J connectivity index is 2.12. The lowest BCUT2D eigenvalue weighted by atomic mass is 9.80. The van der Waals surface area contributed by atoms with Gasteiger partial charge in [-0.25, -0.2) is 13.1 Å². The van der Waals surface area contributed by atoms with Crippen LogP contribution in [0.2, 0.25) is 5.02 Å². The normalized spacial score (nSPS) is 17.2. The number of nitrogens with one attached hydrogen (secondary N) is 3. The molecule has 1 aromatic carbocycles.